The van der Waals surface area contributed by atoms with Crippen molar-refractivity contribution in [3.05, 3.63) is 97.1 Å². The van der Waals surface area contributed by atoms with Crippen molar-refractivity contribution in [2.24, 2.45) is 0 Å². The molecule has 0 heterocycles. The molecule has 0 atom stereocenters. The second-order valence-corrected chi connectivity index (χ2v) is 6.40. The number of allylic oxidation sites excluding steroid dienone is 2. The molecule has 24 heavy (non-hydrogen) atoms. The molecule has 0 N–H and O–H groups in total. The molecule has 4 aromatic rings. The minimum absolute atomic E-state index is 0.914. The summed E-state index contributed by atoms with van der Waals surface area (Å²) in [4.78, 5) is 0. The van der Waals surface area contributed by atoms with E-state index >= 15 is 0 Å². The quantitative estimate of drug-likeness (QED) is 0.294. The minimum Gasteiger partial charge on any atom is -0.103 e. The summed E-state index contributed by atoms with van der Waals surface area (Å²) in [5, 5.41) is 7.76. The first-order valence-electron chi connectivity index (χ1n) is 8.38. The maximum absolute atomic E-state index is 3.83. The van der Waals surface area contributed by atoms with E-state index in [-0.39, 0.29) is 0 Å². The number of rotatable bonds is 4. The van der Waals surface area contributed by atoms with E-state index < -0.39 is 0 Å². The molecule has 0 heteroatoms. The molecule has 4 rings (SSSR count). The highest BCUT2D eigenvalue weighted by atomic mass is 14.1. The predicted octanol–water partition coefficient (Wildman–Crippen LogP) is 6.60. The summed E-state index contributed by atoms with van der Waals surface area (Å²) in [6.07, 6.45) is 5.74. The van der Waals surface area contributed by atoms with Crippen LogP contribution in [0.15, 0.2) is 86.0 Å². The van der Waals surface area contributed by atoms with Gasteiger partial charge >= 0.3 is 0 Å². The number of benzene rings is 4. The molecule has 0 aromatic heterocycles. The summed E-state index contributed by atoms with van der Waals surface area (Å²) < 4.78 is 0. The highest BCUT2D eigenvalue weighted by molar-refractivity contribution is 6.04. The van der Waals surface area contributed by atoms with Crippen LogP contribution in [0.5, 0.6) is 0 Å². The molecular weight excluding hydrogens is 288 g/mol. The number of hydrogen-bond acceptors (Lipinski definition) is 0. The van der Waals surface area contributed by atoms with Crippen molar-refractivity contribution in [2.75, 3.05) is 0 Å². The third-order valence-corrected chi connectivity index (χ3v) is 4.64. The molecule has 0 bridgehead atoms. The van der Waals surface area contributed by atoms with Crippen molar-refractivity contribution in [1.29, 1.82) is 0 Å². The molecule has 4 aromatic carbocycles. The number of fused-ring (bicyclic) bond motifs is 3. The molecule has 0 aliphatic heterocycles. The molecule has 0 radical (unpaired) electrons. The highest BCUT2D eigenvalue weighted by Gasteiger charge is 2.03. The van der Waals surface area contributed by atoms with Crippen LogP contribution in [0.2, 0.25) is 0 Å². The van der Waals surface area contributed by atoms with Gasteiger partial charge < -0.3 is 0 Å². The third-order valence-electron chi connectivity index (χ3n) is 4.64. The molecule has 116 valence electrons. The average Bonchev–Trinajstić information content (AvgIpc) is 2.59. The zero-order valence-corrected chi connectivity index (χ0v) is 13.8. The van der Waals surface area contributed by atoms with Crippen LogP contribution in [0.1, 0.15) is 11.1 Å². The first kappa shape index (κ1) is 14.7. The van der Waals surface area contributed by atoms with Crippen molar-refractivity contribution in [3.63, 3.8) is 0 Å². The summed E-state index contributed by atoms with van der Waals surface area (Å²) in [6, 6.07) is 22.5. The van der Waals surface area contributed by atoms with E-state index in [9.17, 15) is 0 Å². The molecular formula is C24H20. The van der Waals surface area contributed by atoms with Gasteiger partial charge in [-0.2, -0.15) is 0 Å². The lowest BCUT2D eigenvalue weighted by atomic mass is 9.97. The van der Waals surface area contributed by atoms with Crippen LogP contribution in [0.25, 0.3) is 32.3 Å². The van der Waals surface area contributed by atoms with Crippen LogP contribution in [-0.4, -0.2) is 0 Å². The van der Waals surface area contributed by atoms with Crippen LogP contribution < -0.4 is 0 Å². The Morgan fingerprint density at radius 2 is 0.875 bits per heavy atom. The van der Waals surface area contributed by atoms with Gasteiger partial charge in [0, 0.05) is 0 Å². The molecule has 0 nitrogen and oxygen atoms in total. The first-order chi connectivity index (χ1) is 11.8. The van der Waals surface area contributed by atoms with E-state index in [1.165, 1.54) is 43.4 Å². The van der Waals surface area contributed by atoms with E-state index in [2.05, 4.69) is 73.8 Å². The molecule has 0 fully saturated rings. The summed E-state index contributed by atoms with van der Waals surface area (Å²) in [6.45, 7) is 7.67. The van der Waals surface area contributed by atoms with Crippen LogP contribution in [0.4, 0.5) is 0 Å². The van der Waals surface area contributed by atoms with Crippen molar-refractivity contribution in [1.82, 2.24) is 0 Å². The lowest BCUT2D eigenvalue weighted by Gasteiger charge is -2.08. The normalized spacial score (nSPS) is 11.2. The van der Waals surface area contributed by atoms with E-state index in [1.807, 2.05) is 12.2 Å². The molecule has 0 amide bonds. The predicted molar refractivity (Wildman–Crippen MR) is 107 cm³/mol. The third kappa shape index (κ3) is 2.61. The first-order valence-corrected chi connectivity index (χ1v) is 8.38. The summed E-state index contributed by atoms with van der Waals surface area (Å²) in [5.74, 6) is 0. The Bertz CT molecular complexity index is 994. The Balaban J connectivity index is 1.93. The Morgan fingerprint density at radius 3 is 1.29 bits per heavy atom. The summed E-state index contributed by atoms with van der Waals surface area (Å²) in [5.41, 5.74) is 2.62. The van der Waals surface area contributed by atoms with Gasteiger partial charge in [-0.05, 0) is 80.6 Å². The number of hydrogen-bond donors (Lipinski definition) is 0. The largest absolute Gasteiger partial charge is 0.103 e. The Morgan fingerprint density at radius 1 is 0.500 bits per heavy atom. The lowest BCUT2D eigenvalue weighted by Crippen LogP contribution is -1.84. The highest BCUT2D eigenvalue weighted by Crippen LogP contribution is 2.28. The van der Waals surface area contributed by atoms with Crippen LogP contribution in [0.3, 0.4) is 0 Å². The van der Waals surface area contributed by atoms with Crippen molar-refractivity contribution in [2.45, 2.75) is 12.8 Å². The van der Waals surface area contributed by atoms with Gasteiger partial charge in [0.1, 0.15) is 0 Å². The standard InChI is InChI=1S/C24H20/c1-3-5-17-7-9-19-13-24-16-22-12-18(6-4-2)8-10-20(22)14-23(24)15-21(19)11-17/h3-4,7-16H,1-2,5-6H2. The second kappa shape index (κ2) is 5.98. The van der Waals surface area contributed by atoms with E-state index in [4.69, 9.17) is 0 Å². The molecule has 0 aliphatic carbocycles. The Labute approximate surface area is 142 Å². The second-order valence-electron chi connectivity index (χ2n) is 6.40. The maximum Gasteiger partial charge on any atom is -0.00999 e. The lowest BCUT2D eigenvalue weighted by molar-refractivity contribution is 1.29. The van der Waals surface area contributed by atoms with Crippen LogP contribution >= 0.6 is 0 Å². The van der Waals surface area contributed by atoms with Gasteiger partial charge in [0.2, 0.25) is 0 Å². The zero-order chi connectivity index (χ0) is 16.5. The molecule has 0 spiro atoms. The van der Waals surface area contributed by atoms with Gasteiger partial charge in [-0.1, -0.05) is 48.6 Å². The van der Waals surface area contributed by atoms with Gasteiger partial charge in [0.05, 0.1) is 0 Å². The van der Waals surface area contributed by atoms with Gasteiger partial charge in [0.15, 0.2) is 0 Å². The van der Waals surface area contributed by atoms with Gasteiger partial charge in [-0.15, -0.1) is 13.2 Å². The Hall–Kier alpha value is -2.86. The fraction of sp³-hybridized carbons (Fsp3) is 0.0833. The molecule has 0 aliphatic rings. The van der Waals surface area contributed by atoms with Gasteiger partial charge in [0.25, 0.3) is 0 Å². The van der Waals surface area contributed by atoms with Gasteiger partial charge in [-0.25, -0.2) is 0 Å². The van der Waals surface area contributed by atoms with E-state index in [1.54, 1.807) is 0 Å². The average molecular weight is 308 g/mol. The van der Waals surface area contributed by atoms with Crippen molar-refractivity contribution >= 4 is 32.3 Å². The topological polar surface area (TPSA) is 0 Å². The molecule has 0 unspecified atom stereocenters. The molecule has 0 saturated heterocycles. The molecule has 0 saturated carbocycles. The smallest absolute Gasteiger partial charge is 0.00999 e. The minimum atomic E-state index is 0.914. The fourth-order valence-electron chi connectivity index (χ4n) is 3.44. The SMILES string of the molecule is C=CCc1ccc2cc3cc4cc(CC=C)ccc4cc3cc2c1. The van der Waals surface area contributed by atoms with Gasteiger partial charge in [-0.3, -0.25) is 0 Å². The van der Waals surface area contributed by atoms with Crippen LogP contribution in [-0.2, 0) is 12.8 Å². The van der Waals surface area contributed by atoms with Crippen molar-refractivity contribution < 1.29 is 0 Å². The maximum atomic E-state index is 3.83. The van der Waals surface area contributed by atoms with Crippen molar-refractivity contribution in [3.8, 4) is 0 Å². The van der Waals surface area contributed by atoms with E-state index in [0.29, 0.717) is 0 Å². The van der Waals surface area contributed by atoms with E-state index in [0.717, 1.165) is 12.8 Å². The zero-order valence-electron chi connectivity index (χ0n) is 13.8. The Kier molecular flexibility index (Phi) is 3.66. The summed E-state index contributed by atoms with van der Waals surface area (Å²) >= 11 is 0. The summed E-state index contributed by atoms with van der Waals surface area (Å²) in [7, 11) is 0. The monoisotopic (exact) mass is 308 g/mol. The fourth-order valence-corrected chi connectivity index (χ4v) is 3.44. The van der Waals surface area contributed by atoms with Crippen LogP contribution in [0, 0.1) is 0 Å².